The van der Waals surface area contributed by atoms with Crippen LogP contribution in [0.5, 0.6) is 5.75 Å². The van der Waals surface area contributed by atoms with Gasteiger partial charge in [0.2, 0.25) is 0 Å². The molecule has 1 aliphatic rings. The molecule has 0 atom stereocenters. The van der Waals surface area contributed by atoms with Crippen molar-refractivity contribution in [2.24, 2.45) is 5.73 Å². The summed E-state index contributed by atoms with van der Waals surface area (Å²) in [5, 5.41) is 11.5. The first-order valence-electron chi connectivity index (χ1n) is 9.34. The fraction of sp³-hybridized carbons (Fsp3) is 0.474. The van der Waals surface area contributed by atoms with E-state index in [1.807, 2.05) is 0 Å². The third kappa shape index (κ3) is 5.06. The minimum atomic E-state index is -0.586. The van der Waals surface area contributed by atoms with Gasteiger partial charge in [-0.2, -0.15) is 0 Å². The quantitative estimate of drug-likeness (QED) is 0.678. The molecule has 27 heavy (non-hydrogen) atoms. The number of ether oxygens (including phenoxy) is 1. The molecule has 0 fully saturated rings. The van der Waals surface area contributed by atoms with Gasteiger partial charge >= 0.3 is 0 Å². The molecule has 0 bridgehead atoms. The summed E-state index contributed by atoms with van der Waals surface area (Å²) in [6, 6.07) is 6.79. The van der Waals surface area contributed by atoms with E-state index in [-0.39, 0.29) is 12.5 Å². The van der Waals surface area contributed by atoms with Crippen molar-refractivity contribution in [3.63, 3.8) is 0 Å². The first kappa shape index (κ1) is 18.9. The topological polar surface area (TPSA) is 112 Å². The van der Waals surface area contributed by atoms with Crippen LogP contribution in [-0.2, 0) is 24.2 Å². The van der Waals surface area contributed by atoms with E-state index in [9.17, 15) is 9.59 Å². The third-order valence-corrected chi connectivity index (χ3v) is 4.55. The first-order valence-corrected chi connectivity index (χ1v) is 9.34. The molecule has 1 aliphatic heterocycles. The minimum absolute atomic E-state index is 0.241. The molecule has 8 heteroatoms. The number of nitrogens with two attached hydrogens (primary N) is 1. The summed E-state index contributed by atoms with van der Waals surface area (Å²) in [7, 11) is 0. The summed E-state index contributed by atoms with van der Waals surface area (Å²) in [4.78, 5) is 23.3. The zero-order chi connectivity index (χ0) is 19.1. The van der Waals surface area contributed by atoms with E-state index in [1.165, 1.54) is 12.8 Å². The molecule has 0 spiro atoms. The predicted molar refractivity (Wildman–Crippen MR) is 99.4 cm³/mol. The van der Waals surface area contributed by atoms with Crippen molar-refractivity contribution < 1.29 is 14.3 Å². The van der Waals surface area contributed by atoms with Gasteiger partial charge in [-0.25, -0.2) is 0 Å². The fourth-order valence-electron chi connectivity index (χ4n) is 3.20. The maximum atomic E-state index is 12.4. The van der Waals surface area contributed by atoms with Gasteiger partial charge in [-0.1, -0.05) is 18.6 Å². The van der Waals surface area contributed by atoms with Crippen molar-refractivity contribution in [1.29, 1.82) is 0 Å². The van der Waals surface area contributed by atoms with E-state index in [1.54, 1.807) is 24.3 Å². The summed E-state index contributed by atoms with van der Waals surface area (Å²) in [5.41, 5.74) is 5.48. The highest BCUT2D eigenvalue weighted by molar-refractivity contribution is 5.97. The van der Waals surface area contributed by atoms with Crippen LogP contribution in [0.4, 0.5) is 0 Å². The Morgan fingerprint density at radius 1 is 1.19 bits per heavy atom. The Hall–Kier alpha value is -2.90. The van der Waals surface area contributed by atoms with E-state index in [0.29, 0.717) is 17.9 Å². The van der Waals surface area contributed by atoms with Crippen LogP contribution in [-0.4, -0.2) is 39.7 Å². The van der Waals surface area contributed by atoms with Gasteiger partial charge in [-0.3, -0.25) is 9.59 Å². The molecule has 0 unspecified atom stereocenters. The molecule has 8 nitrogen and oxygen atoms in total. The molecule has 3 N–H and O–H groups in total. The average molecular weight is 371 g/mol. The van der Waals surface area contributed by atoms with Crippen molar-refractivity contribution in [3.05, 3.63) is 41.5 Å². The van der Waals surface area contributed by atoms with Crippen LogP contribution in [0.2, 0.25) is 0 Å². The van der Waals surface area contributed by atoms with E-state index in [2.05, 4.69) is 20.1 Å². The van der Waals surface area contributed by atoms with Crippen molar-refractivity contribution in [1.82, 2.24) is 20.1 Å². The van der Waals surface area contributed by atoms with E-state index in [0.717, 1.165) is 43.9 Å². The summed E-state index contributed by atoms with van der Waals surface area (Å²) < 4.78 is 7.53. The van der Waals surface area contributed by atoms with Gasteiger partial charge in [0.25, 0.3) is 11.8 Å². The Labute approximate surface area is 158 Å². The fourth-order valence-corrected chi connectivity index (χ4v) is 3.20. The zero-order valence-electron chi connectivity index (χ0n) is 15.3. The van der Waals surface area contributed by atoms with Crippen LogP contribution >= 0.6 is 0 Å². The van der Waals surface area contributed by atoms with Gasteiger partial charge in [0.1, 0.15) is 17.4 Å². The maximum absolute atomic E-state index is 12.4. The molecule has 0 radical (unpaired) electrons. The number of benzene rings is 1. The van der Waals surface area contributed by atoms with Crippen LogP contribution in [0.1, 0.15) is 47.7 Å². The molecule has 0 aliphatic carbocycles. The van der Waals surface area contributed by atoms with Crippen LogP contribution < -0.4 is 15.8 Å². The number of hydrogen-bond donors (Lipinski definition) is 2. The van der Waals surface area contributed by atoms with E-state index in [4.69, 9.17) is 10.5 Å². The molecule has 3 rings (SSSR count). The molecule has 2 amide bonds. The summed E-state index contributed by atoms with van der Waals surface area (Å²) in [6.45, 7) is 1.24. The van der Waals surface area contributed by atoms with Crippen molar-refractivity contribution in [2.45, 2.75) is 45.1 Å². The Bertz CT molecular complexity index is 802. The lowest BCUT2D eigenvalue weighted by Crippen LogP contribution is -2.26. The van der Waals surface area contributed by atoms with Crippen LogP contribution in [0, 0.1) is 0 Å². The lowest BCUT2D eigenvalue weighted by molar-refractivity contribution is -0.119. The van der Waals surface area contributed by atoms with Crippen LogP contribution in [0.15, 0.2) is 24.3 Å². The summed E-state index contributed by atoms with van der Waals surface area (Å²) in [5.74, 6) is 1.59. The van der Waals surface area contributed by atoms with Gasteiger partial charge < -0.3 is 20.4 Å². The molecule has 2 aromatic rings. The lowest BCUT2D eigenvalue weighted by atomic mass is 10.2. The Kier molecular flexibility index (Phi) is 6.40. The Balaban J connectivity index is 1.50. The average Bonchev–Trinajstić information content (AvgIpc) is 2.89. The van der Waals surface area contributed by atoms with Crippen LogP contribution in [0.25, 0.3) is 0 Å². The second kappa shape index (κ2) is 9.16. The second-order valence-corrected chi connectivity index (χ2v) is 6.61. The summed E-state index contributed by atoms with van der Waals surface area (Å²) >= 11 is 0. The number of primary amides is 1. The smallest absolute Gasteiger partial charge is 0.255 e. The Morgan fingerprint density at radius 3 is 2.89 bits per heavy atom. The number of para-hydroxylation sites is 1. The molecule has 1 aromatic carbocycles. The Morgan fingerprint density at radius 2 is 2.04 bits per heavy atom. The maximum Gasteiger partial charge on any atom is 0.255 e. The number of carbonyl (C=O) groups is 2. The number of fused-ring (bicyclic) bond motifs is 1. The van der Waals surface area contributed by atoms with Crippen molar-refractivity contribution in [3.8, 4) is 5.75 Å². The largest absolute Gasteiger partial charge is 0.483 e. The standard InChI is InChI=1S/C19H25N5O3/c20-16(25)13-27-15-8-4-3-7-14(15)19(26)21-11-6-10-18-23-22-17-9-2-1-5-12-24(17)18/h3-4,7-8H,1-2,5-6,9-13H2,(H2,20,25)(H,21,26). The highest BCUT2D eigenvalue weighted by Crippen LogP contribution is 2.18. The molecule has 144 valence electrons. The number of nitrogens with one attached hydrogen (secondary N) is 1. The minimum Gasteiger partial charge on any atom is -0.483 e. The SMILES string of the molecule is NC(=O)COc1ccccc1C(=O)NCCCc1nnc2n1CCCCC2. The first-order chi connectivity index (χ1) is 13.1. The summed E-state index contributed by atoms with van der Waals surface area (Å²) in [6.07, 6.45) is 6.10. The van der Waals surface area contributed by atoms with E-state index < -0.39 is 5.91 Å². The molecule has 0 saturated carbocycles. The molecular formula is C19H25N5O3. The molecule has 2 heterocycles. The number of nitrogens with zero attached hydrogens (tertiary/aromatic N) is 3. The number of hydrogen-bond acceptors (Lipinski definition) is 5. The van der Waals surface area contributed by atoms with Gasteiger partial charge in [0.05, 0.1) is 5.56 Å². The number of carbonyl (C=O) groups excluding carboxylic acids is 2. The lowest BCUT2D eigenvalue weighted by Gasteiger charge is -2.11. The number of rotatable bonds is 8. The third-order valence-electron chi connectivity index (χ3n) is 4.55. The van der Waals surface area contributed by atoms with Crippen LogP contribution in [0.3, 0.4) is 0 Å². The normalized spacial score (nSPS) is 13.5. The number of aryl methyl sites for hydroxylation is 2. The molecule has 0 saturated heterocycles. The number of amides is 2. The molecular weight excluding hydrogens is 346 g/mol. The number of aromatic nitrogens is 3. The zero-order valence-corrected chi connectivity index (χ0v) is 15.3. The van der Waals surface area contributed by atoms with Gasteiger partial charge in [0, 0.05) is 25.9 Å². The van der Waals surface area contributed by atoms with Crippen molar-refractivity contribution >= 4 is 11.8 Å². The van der Waals surface area contributed by atoms with Crippen molar-refractivity contribution in [2.75, 3.05) is 13.2 Å². The highest BCUT2D eigenvalue weighted by atomic mass is 16.5. The monoisotopic (exact) mass is 371 g/mol. The van der Waals surface area contributed by atoms with Gasteiger partial charge in [0.15, 0.2) is 6.61 Å². The second-order valence-electron chi connectivity index (χ2n) is 6.61. The highest BCUT2D eigenvalue weighted by Gasteiger charge is 2.15. The predicted octanol–water partition coefficient (Wildman–Crippen LogP) is 1.23. The van der Waals surface area contributed by atoms with Gasteiger partial charge in [-0.05, 0) is 31.4 Å². The molecule has 1 aromatic heterocycles. The van der Waals surface area contributed by atoms with Gasteiger partial charge in [-0.15, -0.1) is 10.2 Å². The van der Waals surface area contributed by atoms with E-state index >= 15 is 0 Å².